The van der Waals surface area contributed by atoms with Crippen molar-refractivity contribution in [2.45, 2.75) is 71.7 Å². The lowest BCUT2D eigenvalue weighted by Gasteiger charge is -2.46. The van der Waals surface area contributed by atoms with Crippen molar-refractivity contribution in [1.82, 2.24) is 14.7 Å². The molecule has 5 nitrogen and oxygen atoms in total. The van der Waals surface area contributed by atoms with Crippen LogP contribution in [0.2, 0.25) is 5.02 Å². The molecule has 3 atom stereocenters. The Morgan fingerprint density at radius 1 is 0.919 bits per heavy atom. The van der Waals surface area contributed by atoms with E-state index in [4.69, 9.17) is 11.6 Å². The number of benzene rings is 2. The van der Waals surface area contributed by atoms with Crippen LogP contribution < -0.4 is 0 Å². The van der Waals surface area contributed by atoms with Gasteiger partial charge in [-0.2, -0.15) is 0 Å². The highest BCUT2D eigenvalue weighted by Crippen LogP contribution is 2.33. The van der Waals surface area contributed by atoms with Crippen LogP contribution in [0, 0.1) is 18.8 Å². The minimum absolute atomic E-state index is 0.134. The fraction of sp³-hybridized carbons (Fsp3) is 0.581. The number of piperidine rings is 1. The molecule has 2 saturated heterocycles. The molecule has 0 bridgehead atoms. The van der Waals surface area contributed by atoms with E-state index in [9.17, 15) is 9.90 Å². The first-order valence-electron chi connectivity index (χ1n) is 14.0. The number of amides is 1. The largest absolute Gasteiger partial charge is 0.379 e. The molecule has 4 rings (SSSR count). The monoisotopic (exact) mass is 525 g/mol. The van der Waals surface area contributed by atoms with Gasteiger partial charge in [-0.3, -0.25) is 14.6 Å². The topological polar surface area (TPSA) is 47.0 Å². The van der Waals surface area contributed by atoms with Gasteiger partial charge >= 0.3 is 0 Å². The summed E-state index contributed by atoms with van der Waals surface area (Å²) in [6.07, 6.45) is 3.20. The Bertz CT molecular complexity index is 955. The number of likely N-dealkylation sites (tertiary alicyclic amines) is 1. The Labute approximate surface area is 228 Å². The second kappa shape index (κ2) is 12.8. The van der Waals surface area contributed by atoms with E-state index in [-0.39, 0.29) is 12.1 Å². The summed E-state index contributed by atoms with van der Waals surface area (Å²) in [6, 6.07) is 17.4. The quantitative estimate of drug-likeness (QED) is 0.477. The number of halogens is 1. The number of nitrogens with zero attached hydrogens (tertiary/aromatic N) is 3. The second-order valence-electron chi connectivity index (χ2n) is 11.5. The van der Waals surface area contributed by atoms with Crippen LogP contribution in [-0.4, -0.2) is 70.7 Å². The average molecular weight is 526 g/mol. The summed E-state index contributed by atoms with van der Waals surface area (Å²) in [5.41, 5.74) is 3.77. The predicted octanol–water partition coefficient (Wildman–Crippen LogP) is 5.74. The van der Waals surface area contributed by atoms with Crippen LogP contribution in [-0.2, 0) is 4.79 Å². The van der Waals surface area contributed by atoms with E-state index in [2.05, 4.69) is 71.9 Å². The van der Waals surface area contributed by atoms with Gasteiger partial charge in [0.05, 0.1) is 6.04 Å². The lowest BCUT2D eigenvalue weighted by Crippen LogP contribution is -2.56. The van der Waals surface area contributed by atoms with Crippen molar-refractivity contribution in [2.24, 2.45) is 11.8 Å². The number of hydrogen-bond donors (Lipinski definition) is 1. The van der Waals surface area contributed by atoms with Crippen LogP contribution in [0.3, 0.4) is 0 Å². The zero-order valence-electron chi connectivity index (χ0n) is 22.9. The molecule has 2 aromatic rings. The molecule has 0 aliphatic carbocycles. The third kappa shape index (κ3) is 7.35. The van der Waals surface area contributed by atoms with Crippen molar-refractivity contribution < 1.29 is 9.90 Å². The molecule has 202 valence electrons. The molecule has 3 unspecified atom stereocenters. The van der Waals surface area contributed by atoms with Crippen molar-refractivity contribution in [1.29, 1.82) is 0 Å². The first-order chi connectivity index (χ1) is 17.7. The normalized spacial score (nSPS) is 21.8. The maximum absolute atomic E-state index is 13.6. The SMILES string of the molecule is Cc1ccc(C(c2ccc(Cl)cc2)N2CCN(C(=O)CC3CCN(C(C)O)CC3)C(CC(C)C)C2)cc1. The summed E-state index contributed by atoms with van der Waals surface area (Å²) >= 11 is 6.23. The maximum atomic E-state index is 13.6. The van der Waals surface area contributed by atoms with Gasteiger partial charge in [-0.05, 0) is 68.2 Å². The van der Waals surface area contributed by atoms with Gasteiger partial charge in [-0.25, -0.2) is 0 Å². The highest BCUT2D eigenvalue weighted by molar-refractivity contribution is 6.30. The Morgan fingerprint density at radius 3 is 2.08 bits per heavy atom. The number of aliphatic hydroxyl groups excluding tert-OH is 1. The lowest BCUT2D eigenvalue weighted by atomic mass is 9.90. The number of aryl methyl sites for hydroxylation is 1. The first-order valence-corrected chi connectivity index (χ1v) is 14.4. The zero-order chi connectivity index (χ0) is 26.5. The van der Waals surface area contributed by atoms with Crippen LogP contribution in [0.25, 0.3) is 0 Å². The molecule has 2 fully saturated rings. The van der Waals surface area contributed by atoms with Crippen LogP contribution in [0.15, 0.2) is 48.5 Å². The van der Waals surface area contributed by atoms with E-state index in [1.165, 1.54) is 16.7 Å². The zero-order valence-corrected chi connectivity index (χ0v) is 23.7. The van der Waals surface area contributed by atoms with Crippen molar-refractivity contribution in [3.8, 4) is 0 Å². The van der Waals surface area contributed by atoms with Crippen molar-refractivity contribution >= 4 is 17.5 Å². The van der Waals surface area contributed by atoms with Crippen molar-refractivity contribution in [2.75, 3.05) is 32.7 Å². The van der Waals surface area contributed by atoms with E-state index in [0.717, 1.165) is 57.0 Å². The number of carbonyl (C=O) groups is 1. The minimum Gasteiger partial charge on any atom is -0.379 e. The molecule has 2 heterocycles. The third-order valence-corrected chi connectivity index (χ3v) is 8.41. The Balaban J connectivity index is 1.50. The highest BCUT2D eigenvalue weighted by atomic mass is 35.5. The summed E-state index contributed by atoms with van der Waals surface area (Å²) in [4.78, 5) is 20.4. The van der Waals surface area contributed by atoms with E-state index >= 15 is 0 Å². The van der Waals surface area contributed by atoms with Crippen molar-refractivity contribution in [3.05, 3.63) is 70.2 Å². The predicted molar refractivity (Wildman–Crippen MR) is 152 cm³/mol. The smallest absolute Gasteiger partial charge is 0.223 e. The number of piperazine rings is 1. The molecule has 1 N–H and O–H groups in total. The van der Waals surface area contributed by atoms with Gasteiger partial charge in [0.25, 0.3) is 0 Å². The molecule has 2 aromatic carbocycles. The molecule has 0 aromatic heterocycles. The third-order valence-electron chi connectivity index (χ3n) is 8.16. The summed E-state index contributed by atoms with van der Waals surface area (Å²) in [6.45, 7) is 12.7. The number of aliphatic hydroxyl groups is 1. The van der Waals surface area contributed by atoms with Crippen LogP contribution in [0.1, 0.15) is 69.2 Å². The Kier molecular flexibility index (Phi) is 9.68. The molecule has 0 spiro atoms. The fourth-order valence-electron chi connectivity index (χ4n) is 6.09. The number of rotatable bonds is 8. The summed E-state index contributed by atoms with van der Waals surface area (Å²) in [5, 5.41) is 10.6. The van der Waals surface area contributed by atoms with E-state index in [1.54, 1.807) is 0 Å². The average Bonchev–Trinajstić information content (AvgIpc) is 2.86. The van der Waals surface area contributed by atoms with Crippen LogP contribution in [0.5, 0.6) is 0 Å². The van der Waals surface area contributed by atoms with Crippen LogP contribution in [0.4, 0.5) is 0 Å². The van der Waals surface area contributed by atoms with Gasteiger partial charge in [0.2, 0.25) is 5.91 Å². The van der Waals surface area contributed by atoms with Gasteiger partial charge in [-0.1, -0.05) is 67.4 Å². The van der Waals surface area contributed by atoms with Crippen molar-refractivity contribution in [3.63, 3.8) is 0 Å². The molecule has 0 radical (unpaired) electrons. The lowest BCUT2D eigenvalue weighted by molar-refractivity contribution is -0.138. The minimum atomic E-state index is -0.401. The van der Waals surface area contributed by atoms with E-state index in [0.29, 0.717) is 24.2 Å². The second-order valence-corrected chi connectivity index (χ2v) is 12.0. The van der Waals surface area contributed by atoms with Gasteiger partial charge in [-0.15, -0.1) is 0 Å². The summed E-state index contributed by atoms with van der Waals surface area (Å²) in [5.74, 6) is 1.23. The summed E-state index contributed by atoms with van der Waals surface area (Å²) in [7, 11) is 0. The van der Waals surface area contributed by atoms with Gasteiger partial charge < -0.3 is 10.0 Å². The van der Waals surface area contributed by atoms with Crippen LogP contribution >= 0.6 is 11.6 Å². The van der Waals surface area contributed by atoms with E-state index < -0.39 is 6.23 Å². The van der Waals surface area contributed by atoms with Gasteiger partial charge in [0, 0.05) is 50.2 Å². The molecule has 2 aliphatic heterocycles. The molecule has 0 saturated carbocycles. The standard InChI is InChI=1S/C31H44ClN3O2/c1-22(2)19-29-21-34(17-18-35(29)30(37)20-25-13-15-33(16-14-25)24(4)36)31(26-7-5-23(3)6-8-26)27-9-11-28(32)12-10-27/h5-12,22,24-25,29,31,36H,13-21H2,1-4H3. The number of carbonyl (C=O) groups excluding carboxylic acids is 1. The Hall–Kier alpha value is -1.92. The molecule has 2 aliphatic rings. The fourth-order valence-corrected chi connectivity index (χ4v) is 6.22. The molecule has 1 amide bonds. The molecule has 37 heavy (non-hydrogen) atoms. The first kappa shape index (κ1) is 28.1. The van der Waals surface area contributed by atoms with Gasteiger partial charge in [0.1, 0.15) is 6.23 Å². The highest BCUT2D eigenvalue weighted by Gasteiger charge is 2.36. The molecule has 6 heteroatoms. The Morgan fingerprint density at radius 2 is 1.51 bits per heavy atom. The van der Waals surface area contributed by atoms with E-state index in [1.807, 2.05) is 19.1 Å². The number of hydrogen-bond acceptors (Lipinski definition) is 4. The molecular formula is C31H44ClN3O2. The summed E-state index contributed by atoms with van der Waals surface area (Å²) < 4.78 is 0. The molecular weight excluding hydrogens is 482 g/mol. The maximum Gasteiger partial charge on any atom is 0.223 e. The van der Waals surface area contributed by atoms with Gasteiger partial charge in [0.15, 0.2) is 0 Å².